The predicted molar refractivity (Wildman–Crippen MR) is 208 cm³/mol. The second kappa shape index (κ2) is 14.9. The van der Waals surface area contributed by atoms with Crippen molar-refractivity contribution in [1.29, 1.82) is 0 Å². The summed E-state index contributed by atoms with van der Waals surface area (Å²) in [6.07, 6.45) is 7.55. The van der Waals surface area contributed by atoms with Gasteiger partial charge in [-0.15, -0.1) is 0 Å². The van der Waals surface area contributed by atoms with Gasteiger partial charge in [0.15, 0.2) is 0 Å². The monoisotopic (exact) mass is 784 g/mol. The SMILES string of the molecule is CCC1=Cc2c(-c3c(C)ccc4ccccc34)cccc2[CH]1[Zr+2]([CH]1C(CC)=Cc2c(-c3c(C)ccc4ccccc34)cccc21)=[Si](C)C.[Cl-].[Cl-]. The van der Waals surface area contributed by atoms with Crippen LogP contribution in [0.15, 0.2) is 120 Å². The summed E-state index contributed by atoms with van der Waals surface area (Å²) in [6.45, 7) is 14.7. The van der Waals surface area contributed by atoms with Crippen molar-refractivity contribution in [3.05, 3.63) is 154 Å². The minimum absolute atomic E-state index is 0. The van der Waals surface area contributed by atoms with Gasteiger partial charge in [-0.2, -0.15) is 0 Å². The van der Waals surface area contributed by atoms with Crippen LogP contribution in [0.5, 0.6) is 0 Å². The summed E-state index contributed by atoms with van der Waals surface area (Å²) in [4.78, 5) is 0. The van der Waals surface area contributed by atoms with Gasteiger partial charge in [-0.25, -0.2) is 0 Å². The summed E-state index contributed by atoms with van der Waals surface area (Å²) in [5.74, 6) is 0. The smallest absolute Gasteiger partial charge is 1.00 e. The Hall–Kier alpha value is -3.00. The molecule has 0 radical (unpaired) electrons. The Morgan fingerprint density at radius 3 is 1.34 bits per heavy atom. The Kier molecular flexibility index (Phi) is 11.0. The molecule has 8 rings (SSSR count). The molecule has 6 aromatic rings. The molecule has 0 bridgehead atoms. The number of halogens is 2. The fourth-order valence-electron chi connectivity index (χ4n) is 8.93. The number of benzene rings is 6. The van der Waals surface area contributed by atoms with Gasteiger partial charge in [0.05, 0.1) is 0 Å². The first-order valence-corrected chi connectivity index (χ1v) is 26.7. The van der Waals surface area contributed by atoms with Gasteiger partial charge in [0, 0.05) is 0 Å². The Labute approximate surface area is 318 Å². The number of hydrogen-bond donors (Lipinski definition) is 0. The van der Waals surface area contributed by atoms with E-state index in [0.29, 0.717) is 7.25 Å². The molecule has 0 fully saturated rings. The van der Waals surface area contributed by atoms with Crippen molar-refractivity contribution in [1.82, 2.24) is 0 Å². The predicted octanol–water partition coefficient (Wildman–Crippen LogP) is 7.22. The maximum Gasteiger partial charge on any atom is -1.00 e. The van der Waals surface area contributed by atoms with Crippen molar-refractivity contribution in [2.75, 3.05) is 0 Å². The van der Waals surface area contributed by atoms with E-state index in [2.05, 4.69) is 162 Å². The van der Waals surface area contributed by atoms with Crippen LogP contribution in [-0.2, 0) is 20.4 Å². The van der Waals surface area contributed by atoms with Crippen LogP contribution in [0.1, 0.15) is 67.3 Å². The van der Waals surface area contributed by atoms with E-state index in [0.717, 1.165) is 12.8 Å². The van der Waals surface area contributed by atoms with E-state index >= 15 is 0 Å². The maximum absolute atomic E-state index is 2.66. The number of aryl methyl sites for hydroxylation is 2. The molecule has 0 heterocycles. The molecule has 2 aliphatic rings. The summed E-state index contributed by atoms with van der Waals surface area (Å²) in [5.41, 5.74) is 17.5. The molecule has 4 heteroatoms. The van der Waals surface area contributed by atoms with Crippen LogP contribution in [0.4, 0.5) is 0 Å². The zero-order valence-electron chi connectivity index (χ0n) is 29.9. The Balaban J connectivity index is 0.00000216. The van der Waals surface area contributed by atoms with Crippen LogP contribution in [0, 0.1) is 13.8 Å². The molecule has 0 saturated heterocycles. The zero-order chi connectivity index (χ0) is 33.1. The Bertz CT molecular complexity index is 2220. The molecule has 0 N–H and O–H groups in total. The first-order valence-electron chi connectivity index (χ1n) is 17.7. The molecule has 0 saturated carbocycles. The van der Waals surface area contributed by atoms with Crippen molar-refractivity contribution >= 4 is 39.1 Å². The third kappa shape index (κ3) is 5.95. The molecule has 2 atom stereocenters. The largest absolute Gasteiger partial charge is 1.00 e. The van der Waals surface area contributed by atoms with E-state index in [-0.39, 0.29) is 24.8 Å². The van der Waals surface area contributed by atoms with Crippen LogP contribution in [0.2, 0.25) is 13.1 Å². The van der Waals surface area contributed by atoms with Crippen LogP contribution >= 0.6 is 0 Å². The average Bonchev–Trinajstić information content (AvgIpc) is 3.67. The fraction of sp³-hybridized carbons (Fsp3) is 0.217. The van der Waals surface area contributed by atoms with Crippen molar-refractivity contribution in [3.63, 3.8) is 0 Å². The fourth-order valence-corrected chi connectivity index (χ4v) is 29.7. The number of allylic oxidation sites excluding steroid dienone is 2. The third-order valence-corrected chi connectivity index (χ3v) is 30.6. The van der Waals surface area contributed by atoms with Gasteiger partial charge in [0.1, 0.15) is 0 Å². The Morgan fingerprint density at radius 2 is 0.940 bits per heavy atom. The zero-order valence-corrected chi connectivity index (χ0v) is 34.8. The Morgan fingerprint density at radius 1 is 0.520 bits per heavy atom. The summed E-state index contributed by atoms with van der Waals surface area (Å²) in [5, 5.41) is 5.39. The van der Waals surface area contributed by atoms with Crippen LogP contribution in [0.25, 0.3) is 56.0 Å². The molecule has 2 aliphatic carbocycles. The van der Waals surface area contributed by atoms with Gasteiger partial charge in [-0.05, 0) is 0 Å². The van der Waals surface area contributed by atoms with Crippen molar-refractivity contribution < 1.29 is 45.2 Å². The normalized spacial score (nSPS) is 15.7. The molecule has 50 heavy (non-hydrogen) atoms. The van der Waals surface area contributed by atoms with E-state index in [1.54, 1.807) is 22.3 Å². The first-order chi connectivity index (χ1) is 23.4. The quantitative estimate of drug-likeness (QED) is 0.157. The average molecular weight is 787 g/mol. The van der Waals surface area contributed by atoms with Gasteiger partial charge in [0.25, 0.3) is 0 Å². The maximum atomic E-state index is 2.66. The summed E-state index contributed by atoms with van der Waals surface area (Å²) >= 11 is -2.25. The molecular formula is C46H44Cl2SiZr. The number of hydrogen-bond acceptors (Lipinski definition) is 0. The topological polar surface area (TPSA) is 0 Å². The summed E-state index contributed by atoms with van der Waals surface area (Å²) in [6, 6.07) is 41.6. The molecule has 6 aromatic carbocycles. The summed E-state index contributed by atoms with van der Waals surface area (Å²) < 4.78 is 1.25. The second-order valence-electron chi connectivity index (χ2n) is 14.0. The van der Waals surface area contributed by atoms with Crippen LogP contribution in [-0.4, -0.2) is 5.43 Å². The molecule has 0 aromatic heterocycles. The van der Waals surface area contributed by atoms with E-state index in [1.165, 1.54) is 66.1 Å². The standard InChI is InChI=1S/2C22H19.C2H6Si.2ClH.Zr/c2*1-3-16-13-18-8-6-10-20(21(18)14-16)22-15(2)11-12-17-7-4-5-9-19(17)22;1-3-2;;;/h2*4-14H,3H2,1-2H3;1-2H3;2*1H;/q;;;;;+2/p-2. The second-order valence-corrected chi connectivity index (χ2v) is 31.9. The van der Waals surface area contributed by atoms with Crippen molar-refractivity contribution in [3.8, 4) is 22.3 Å². The van der Waals surface area contributed by atoms with Crippen LogP contribution in [0.3, 0.4) is 0 Å². The molecule has 250 valence electrons. The minimum atomic E-state index is -2.25. The van der Waals surface area contributed by atoms with Crippen molar-refractivity contribution in [2.24, 2.45) is 0 Å². The van der Waals surface area contributed by atoms with Gasteiger partial charge >= 0.3 is 296 Å². The number of rotatable bonds is 6. The molecule has 2 unspecified atom stereocenters. The molecular weight excluding hydrogens is 743 g/mol. The van der Waals surface area contributed by atoms with Gasteiger partial charge < -0.3 is 24.8 Å². The molecule has 0 aliphatic heterocycles. The number of fused-ring (bicyclic) bond motifs is 4. The van der Waals surface area contributed by atoms with E-state index in [1.807, 2.05) is 0 Å². The van der Waals surface area contributed by atoms with Crippen LogP contribution < -0.4 is 24.8 Å². The van der Waals surface area contributed by atoms with Gasteiger partial charge in [-0.3, -0.25) is 0 Å². The summed E-state index contributed by atoms with van der Waals surface area (Å²) in [7, 11) is 0. The minimum Gasteiger partial charge on any atom is -1.00 e. The molecule has 0 nitrogen and oxygen atoms in total. The third-order valence-electron chi connectivity index (χ3n) is 11.1. The van der Waals surface area contributed by atoms with E-state index in [4.69, 9.17) is 0 Å². The first kappa shape index (κ1) is 36.8. The van der Waals surface area contributed by atoms with E-state index in [9.17, 15) is 0 Å². The molecule has 0 amide bonds. The van der Waals surface area contributed by atoms with Gasteiger partial charge in [0.2, 0.25) is 0 Å². The van der Waals surface area contributed by atoms with E-state index < -0.39 is 25.8 Å². The van der Waals surface area contributed by atoms with Crippen molar-refractivity contribution in [2.45, 2.75) is 60.9 Å². The molecule has 0 spiro atoms. The van der Waals surface area contributed by atoms with Gasteiger partial charge in [-0.1, -0.05) is 0 Å².